The van der Waals surface area contributed by atoms with Crippen LogP contribution in [-0.2, 0) is 4.79 Å². The van der Waals surface area contributed by atoms with Crippen molar-refractivity contribution in [1.29, 1.82) is 0 Å². The van der Waals surface area contributed by atoms with Gasteiger partial charge < -0.3 is 16.0 Å². The third-order valence-electron chi connectivity index (χ3n) is 3.70. The Morgan fingerprint density at radius 2 is 2.30 bits per heavy atom. The van der Waals surface area contributed by atoms with Crippen molar-refractivity contribution in [3.63, 3.8) is 0 Å². The van der Waals surface area contributed by atoms with Gasteiger partial charge in [0, 0.05) is 25.2 Å². The summed E-state index contributed by atoms with van der Waals surface area (Å²) in [5, 5.41) is 13.4. The van der Waals surface area contributed by atoms with Crippen LogP contribution in [0.25, 0.3) is 0 Å². The van der Waals surface area contributed by atoms with Gasteiger partial charge in [0.2, 0.25) is 5.91 Å². The number of carbonyl (C=O) groups excluding carboxylic acids is 2. The molecule has 0 aromatic carbocycles. The number of thiophene rings is 1. The van der Waals surface area contributed by atoms with E-state index in [-0.39, 0.29) is 27.7 Å². The maximum atomic E-state index is 12.5. The summed E-state index contributed by atoms with van der Waals surface area (Å²) in [4.78, 5) is 36.7. The highest BCUT2D eigenvalue weighted by atomic mass is 32.1. The van der Waals surface area contributed by atoms with E-state index in [1.807, 2.05) is 6.92 Å². The van der Waals surface area contributed by atoms with E-state index in [1.165, 1.54) is 17.0 Å². The average Bonchev–Trinajstić information content (AvgIpc) is 3.15. The van der Waals surface area contributed by atoms with Gasteiger partial charge in [-0.3, -0.25) is 19.7 Å². The molecule has 3 N–H and O–H groups in total. The van der Waals surface area contributed by atoms with Crippen LogP contribution >= 0.6 is 11.3 Å². The van der Waals surface area contributed by atoms with Crippen molar-refractivity contribution in [2.45, 2.75) is 38.3 Å². The highest BCUT2D eigenvalue weighted by molar-refractivity contribution is 7.17. The van der Waals surface area contributed by atoms with Crippen LogP contribution in [0.4, 0.5) is 5.00 Å². The van der Waals surface area contributed by atoms with Crippen LogP contribution in [0.3, 0.4) is 0 Å². The summed E-state index contributed by atoms with van der Waals surface area (Å²) in [5.41, 5.74) is 5.64. The Kier molecular flexibility index (Phi) is 5.67. The van der Waals surface area contributed by atoms with Crippen molar-refractivity contribution in [3.05, 3.63) is 27.1 Å². The summed E-state index contributed by atoms with van der Waals surface area (Å²) in [7, 11) is 0. The van der Waals surface area contributed by atoms with Gasteiger partial charge in [0.15, 0.2) is 0 Å². The normalized spacial score (nSPS) is 18.7. The zero-order chi connectivity index (χ0) is 17.0. The third-order valence-corrected chi connectivity index (χ3v) is 4.72. The summed E-state index contributed by atoms with van der Waals surface area (Å²) >= 11 is 0.833. The number of likely N-dealkylation sites (tertiary alicyclic amines) is 1. The lowest BCUT2D eigenvalue weighted by Crippen LogP contribution is -2.46. The number of rotatable bonds is 6. The highest BCUT2D eigenvalue weighted by Gasteiger charge is 2.35. The molecule has 126 valence electrons. The van der Waals surface area contributed by atoms with Crippen LogP contribution in [0.15, 0.2) is 12.1 Å². The molecule has 0 saturated carbocycles. The molecule has 2 heterocycles. The quantitative estimate of drug-likeness (QED) is 0.594. The van der Waals surface area contributed by atoms with E-state index in [0.717, 1.165) is 17.8 Å². The molecule has 0 bridgehead atoms. The third kappa shape index (κ3) is 4.26. The molecule has 1 aromatic rings. The van der Waals surface area contributed by atoms with Gasteiger partial charge in [0.05, 0.1) is 9.80 Å². The smallest absolute Gasteiger partial charge is 0.324 e. The number of nitro groups is 1. The molecule has 8 nitrogen and oxygen atoms in total. The fraction of sp³-hybridized carbons (Fsp3) is 0.571. The molecule has 2 atom stereocenters. The molecule has 2 unspecified atom stereocenters. The van der Waals surface area contributed by atoms with Crippen molar-refractivity contribution in [2.24, 2.45) is 5.73 Å². The highest BCUT2D eigenvalue weighted by Crippen LogP contribution is 2.28. The van der Waals surface area contributed by atoms with Gasteiger partial charge in [0.1, 0.15) is 6.04 Å². The molecule has 9 heteroatoms. The Morgan fingerprint density at radius 1 is 1.57 bits per heavy atom. The predicted molar refractivity (Wildman–Crippen MR) is 86.3 cm³/mol. The van der Waals surface area contributed by atoms with E-state index in [1.54, 1.807) is 0 Å². The average molecular weight is 340 g/mol. The number of nitrogens with one attached hydrogen (secondary N) is 1. The van der Waals surface area contributed by atoms with Gasteiger partial charge in [-0.1, -0.05) is 11.3 Å². The molecule has 1 aliphatic heterocycles. The summed E-state index contributed by atoms with van der Waals surface area (Å²) in [5.74, 6) is -0.518. The van der Waals surface area contributed by atoms with E-state index in [2.05, 4.69) is 5.32 Å². The van der Waals surface area contributed by atoms with Crippen LogP contribution in [0.1, 0.15) is 35.9 Å². The first-order chi connectivity index (χ1) is 10.9. The lowest BCUT2D eigenvalue weighted by molar-refractivity contribution is -0.380. The molecule has 1 saturated heterocycles. The molecule has 1 aliphatic rings. The molecule has 1 fully saturated rings. The summed E-state index contributed by atoms with van der Waals surface area (Å²) in [6.07, 6.45) is 2.01. The van der Waals surface area contributed by atoms with Gasteiger partial charge in [-0.15, -0.1) is 0 Å². The largest absolute Gasteiger partial charge is 0.354 e. The van der Waals surface area contributed by atoms with Crippen molar-refractivity contribution in [2.75, 3.05) is 13.1 Å². The topological polar surface area (TPSA) is 119 Å². The van der Waals surface area contributed by atoms with E-state index >= 15 is 0 Å². The first-order valence-electron chi connectivity index (χ1n) is 7.48. The van der Waals surface area contributed by atoms with Crippen LogP contribution in [0, 0.1) is 10.1 Å². The second kappa shape index (κ2) is 7.51. The van der Waals surface area contributed by atoms with Gasteiger partial charge in [-0.05, 0) is 32.3 Å². The number of nitrogens with zero attached hydrogens (tertiary/aromatic N) is 2. The number of carbonyl (C=O) groups is 2. The van der Waals surface area contributed by atoms with Gasteiger partial charge in [0.25, 0.3) is 5.91 Å². The molecular weight excluding hydrogens is 320 g/mol. The fourth-order valence-corrected chi connectivity index (χ4v) is 3.28. The number of hydrogen-bond donors (Lipinski definition) is 2. The number of amides is 2. The Morgan fingerprint density at radius 3 is 2.91 bits per heavy atom. The van der Waals surface area contributed by atoms with Crippen LogP contribution in [0.2, 0.25) is 0 Å². The lowest BCUT2D eigenvalue weighted by Gasteiger charge is -2.23. The monoisotopic (exact) mass is 340 g/mol. The van der Waals surface area contributed by atoms with Gasteiger partial charge >= 0.3 is 5.00 Å². The Balaban J connectivity index is 2.00. The molecular formula is C14H20N4O4S. The van der Waals surface area contributed by atoms with Gasteiger partial charge in [-0.2, -0.15) is 0 Å². The SMILES string of the molecule is CC(N)CCNC(=O)C1CCCN1C(=O)c1ccc([N+](=O)[O-])s1. The van der Waals surface area contributed by atoms with Crippen molar-refractivity contribution in [3.8, 4) is 0 Å². The maximum absolute atomic E-state index is 12.5. The molecule has 0 radical (unpaired) electrons. The molecule has 1 aromatic heterocycles. The Labute approximate surface area is 137 Å². The summed E-state index contributed by atoms with van der Waals surface area (Å²) < 4.78 is 0. The van der Waals surface area contributed by atoms with Crippen LogP contribution in [-0.4, -0.2) is 46.8 Å². The lowest BCUT2D eigenvalue weighted by atomic mass is 10.2. The minimum atomic E-state index is -0.524. The zero-order valence-corrected chi connectivity index (χ0v) is 13.7. The first-order valence-corrected chi connectivity index (χ1v) is 8.30. The van der Waals surface area contributed by atoms with Crippen LogP contribution < -0.4 is 11.1 Å². The second-order valence-corrected chi connectivity index (χ2v) is 6.67. The van der Waals surface area contributed by atoms with Gasteiger partial charge in [-0.25, -0.2) is 0 Å². The fourth-order valence-electron chi connectivity index (χ4n) is 2.51. The van der Waals surface area contributed by atoms with E-state index in [9.17, 15) is 19.7 Å². The second-order valence-electron chi connectivity index (χ2n) is 5.61. The molecule has 2 amide bonds. The van der Waals surface area contributed by atoms with E-state index in [4.69, 9.17) is 5.73 Å². The van der Waals surface area contributed by atoms with E-state index < -0.39 is 11.0 Å². The van der Waals surface area contributed by atoms with Crippen molar-refractivity contribution in [1.82, 2.24) is 10.2 Å². The number of nitrogens with two attached hydrogens (primary N) is 1. The van der Waals surface area contributed by atoms with Crippen molar-refractivity contribution >= 4 is 28.2 Å². The number of hydrogen-bond acceptors (Lipinski definition) is 6. The first kappa shape index (κ1) is 17.4. The Hall–Kier alpha value is -2.00. The summed E-state index contributed by atoms with van der Waals surface area (Å²) in [6, 6.07) is 2.24. The standard InChI is InChI=1S/C14H20N4O4S/c1-9(15)6-7-16-13(19)10-3-2-8-17(10)14(20)11-4-5-12(23-11)18(21)22/h4-5,9-10H,2-3,6-8,15H2,1H3,(H,16,19). The minimum Gasteiger partial charge on any atom is -0.354 e. The zero-order valence-electron chi connectivity index (χ0n) is 12.9. The summed E-state index contributed by atoms with van der Waals surface area (Å²) in [6.45, 7) is 2.82. The predicted octanol–water partition coefficient (Wildman–Crippen LogP) is 1.11. The Bertz CT molecular complexity index is 601. The minimum absolute atomic E-state index is 0.00304. The molecule has 23 heavy (non-hydrogen) atoms. The van der Waals surface area contributed by atoms with E-state index in [0.29, 0.717) is 25.9 Å². The van der Waals surface area contributed by atoms with Crippen molar-refractivity contribution < 1.29 is 14.5 Å². The molecule has 0 aliphatic carbocycles. The molecule has 0 spiro atoms. The molecule has 2 rings (SSSR count). The maximum Gasteiger partial charge on any atom is 0.324 e. The van der Waals surface area contributed by atoms with Crippen LogP contribution in [0.5, 0.6) is 0 Å².